The van der Waals surface area contributed by atoms with E-state index in [0.29, 0.717) is 24.4 Å². The van der Waals surface area contributed by atoms with Gasteiger partial charge < -0.3 is 15.0 Å². The van der Waals surface area contributed by atoms with Crippen molar-refractivity contribution in [2.75, 3.05) is 42.9 Å². The van der Waals surface area contributed by atoms with Gasteiger partial charge in [0.2, 0.25) is 11.9 Å². The average Bonchev–Trinajstić information content (AvgIpc) is 2.91. The van der Waals surface area contributed by atoms with Gasteiger partial charge in [0, 0.05) is 45.0 Å². The van der Waals surface area contributed by atoms with Crippen molar-refractivity contribution in [3.63, 3.8) is 0 Å². The van der Waals surface area contributed by atoms with E-state index < -0.39 is 0 Å². The molecule has 1 N–H and O–H groups in total. The number of nitrogens with one attached hydrogen (secondary N) is 1. The van der Waals surface area contributed by atoms with Crippen molar-refractivity contribution in [2.45, 2.75) is 52.3 Å². The molecule has 1 aromatic heterocycles. The minimum atomic E-state index is -0.381. The Kier molecular flexibility index (Phi) is 8.20. The lowest BCUT2D eigenvalue weighted by Crippen LogP contribution is -2.49. The summed E-state index contributed by atoms with van der Waals surface area (Å²) in [6.07, 6.45) is 4.90. The number of benzene rings is 1. The first kappa shape index (κ1) is 25.6. The fourth-order valence-corrected chi connectivity index (χ4v) is 4.89. The Bertz CT molecular complexity index is 1080. The number of rotatable bonds is 9. The molecule has 4 rings (SSSR count). The van der Waals surface area contributed by atoms with Gasteiger partial charge in [-0.05, 0) is 37.5 Å². The van der Waals surface area contributed by atoms with Crippen molar-refractivity contribution in [1.29, 1.82) is 0 Å². The Hall–Kier alpha value is -3.46. The Balaban J connectivity index is 1.43. The fraction of sp³-hybridized carbons (Fsp3) is 0.481. The van der Waals surface area contributed by atoms with Gasteiger partial charge in [-0.1, -0.05) is 44.2 Å². The molecule has 3 heterocycles. The molecular weight excluding hydrogens is 456 g/mol. The second kappa shape index (κ2) is 11.5. The molecule has 36 heavy (non-hydrogen) atoms. The predicted molar refractivity (Wildman–Crippen MR) is 140 cm³/mol. The minimum absolute atomic E-state index is 0.0118. The summed E-state index contributed by atoms with van der Waals surface area (Å²) in [7, 11) is 0. The highest BCUT2D eigenvalue weighted by Crippen LogP contribution is 2.30. The number of nitrogens with zero attached hydrogens (tertiary/aromatic N) is 5. The SMILES string of the molecule is C=CC(=O)N1CCN(C(CCC)c2ccc([C@H](C)Nc3ncc4c(n3)N(CC)C(=O)OC4)cc2)CC1. The normalized spacial score (nSPS) is 17.7. The Morgan fingerprint density at radius 1 is 1.17 bits per heavy atom. The Morgan fingerprint density at radius 2 is 1.86 bits per heavy atom. The zero-order valence-corrected chi connectivity index (χ0v) is 21.4. The number of cyclic esters (lactones) is 1. The smallest absolute Gasteiger partial charge is 0.415 e. The molecule has 2 aromatic rings. The highest BCUT2D eigenvalue weighted by molar-refractivity contribution is 5.89. The topological polar surface area (TPSA) is 90.9 Å². The second-order valence-electron chi connectivity index (χ2n) is 9.24. The first-order chi connectivity index (χ1) is 17.4. The first-order valence-corrected chi connectivity index (χ1v) is 12.8. The quantitative estimate of drug-likeness (QED) is 0.522. The third-order valence-corrected chi connectivity index (χ3v) is 6.96. The maximum atomic E-state index is 12.0. The van der Waals surface area contributed by atoms with Crippen LogP contribution in [0.3, 0.4) is 0 Å². The van der Waals surface area contributed by atoms with Gasteiger partial charge in [0.05, 0.1) is 11.6 Å². The van der Waals surface area contributed by atoms with Gasteiger partial charge in [0.15, 0.2) is 0 Å². The van der Waals surface area contributed by atoms with Crippen molar-refractivity contribution >= 4 is 23.8 Å². The van der Waals surface area contributed by atoms with Crippen LogP contribution in [0.1, 0.15) is 62.4 Å². The molecular formula is C27H36N6O3. The molecule has 2 aliphatic rings. The van der Waals surface area contributed by atoms with Gasteiger partial charge in [-0.25, -0.2) is 9.78 Å². The molecule has 0 spiro atoms. The molecule has 1 unspecified atom stereocenters. The Morgan fingerprint density at radius 3 is 2.50 bits per heavy atom. The van der Waals surface area contributed by atoms with E-state index in [1.165, 1.54) is 16.5 Å². The number of carbonyl (C=O) groups excluding carboxylic acids is 2. The lowest BCUT2D eigenvalue weighted by Gasteiger charge is -2.39. The molecule has 2 amide bonds. The molecule has 9 nitrogen and oxygen atoms in total. The zero-order chi connectivity index (χ0) is 25.7. The van der Waals surface area contributed by atoms with Crippen LogP contribution in [0.25, 0.3) is 0 Å². The number of hydrogen-bond acceptors (Lipinski definition) is 7. The molecule has 0 bridgehead atoms. The number of piperazine rings is 1. The highest BCUT2D eigenvalue weighted by atomic mass is 16.6. The third kappa shape index (κ3) is 5.51. The first-order valence-electron chi connectivity index (χ1n) is 12.8. The van der Waals surface area contributed by atoms with Crippen molar-refractivity contribution < 1.29 is 14.3 Å². The van der Waals surface area contributed by atoms with E-state index in [9.17, 15) is 9.59 Å². The van der Waals surface area contributed by atoms with Gasteiger partial charge >= 0.3 is 6.09 Å². The number of aromatic nitrogens is 2. The predicted octanol–water partition coefficient (Wildman–Crippen LogP) is 4.30. The number of ether oxygens (including phenoxy) is 1. The lowest BCUT2D eigenvalue weighted by molar-refractivity contribution is -0.128. The molecule has 1 saturated heterocycles. The van der Waals surface area contributed by atoms with Gasteiger partial charge in [-0.15, -0.1) is 0 Å². The average molecular weight is 493 g/mol. The van der Waals surface area contributed by atoms with E-state index in [0.717, 1.165) is 50.1 Å². The molecule has 2 aliphatic heterocycles. The second-order valence-corrected chi connectivity index (χ2v) is 9.24. The van der Waals surface area contributed by atoms with E-state index in [2.05, 4.69) is 64.9 Å². The van der Waals surface area contributed by atoms with Crippen molar-refractivity contribution in [2.24, 2.45) is 0 Å². The van der Waals surface area contributed by atoms with Crippen molar-refractivity contribution in [1.82, 2.24) is 19.8 Å². The zero-order valence-electron chi connectivity index (χ0n) is 21.4. The summed E-state index contributed by atoms with van der Waals surface area (Å²) in [5.41, 5.74) is 3.22. The van der Waals surface area contributed by atoms with Crippen LogP contribution in [-0.2, 0) is 16.1 Å². The summed E-state index contributed by atoms with van der Waals surface area (Å²) in [6, 6.07) is 9.04. The van der Waals surface area contributed by atoms with Gasteiger partial charge in [-0.2, -0.15) is 4.98 Å². The number of anilines is 2. The van der Waals surface area contributed by atoms with Crippen molar-refractivity contribution in [3.8, 4) is 0 Å². The largest absolute Gasteiger partial charge is 0.444 e. The van der Waals surface area contributed by atoms with E-state index in [1.807, 2.05) is 11.8 Å². The maximum absolute atomic E-state index is 12.0. The van der Waals surface area contributed by atoms with Crippen molar-refractivity contribution in [3.05, 3.63) is 59.8 Å². The van der Waals surface area contributed by atoms with E-state index >= 15 is 0 Å². The van der Waals surface area contributed by atoms with E-state index in [1.54, 1.807) is 6.20 Å². The van der Waals surface area contributed by atoms with Crippen LogP contribution in [0.2, 0.25) is 0 Å². The summed E-state index contributed by atoms with van der Waals surface area (Å²) in [6.45, 7) is 13.7. The summed E-state index contributed by atoms with van der Waals surface area (Å²) in [5, 5.41) is 3.37. The molecule has 192 valence electrons. The lowest BCUT2D eigenvalue weighted by atomic mass is 9.97. The molecule has 9 heteroatoms. The van der Waals surface area contributed by atoms with E-state index in [-0.39, 0.29) is 24.6 Å². The van der Waals surface area contributed by atoms with Crippen LogP contribution in [0.15, 0.2) is 43.1 Å². The number of hydrogen-bond donors (Lipinski definition) is 1. The number of amides is 2. The van der Waals surface area contributed by atoms with Crippen LogP contribution >= 0.6 is 0 Å². The minimum Gasteiger partial charge on any atom is -0.444 e. The molecule has 0 saturated carbocycles. The van der Waals surface area contributed by atoms with E-state index in [4.69, 9.17) is 4.74 Å². The van der Waals surface area contributed by atoms with Crippen LogP contribution in [0.5, 0.6) is 0 Å². The molecule has 1 fully saturated rings. The monoisotopic (exact) mass is 492 g/mol. The van der Waals surface area contributed by atoms with Gasteiger partial charge in [-0.3, -0.25) is 14.6 Å². The standard InChI is InChI=1S/C27H36N6O3/c1-5-8-23(31-13-15-32(16-14-31)24(34)6-2)21-11-9-20(10-12-21)19(4)29-26-28-17-22-18-36-27(35)33(7-3)25(22)30-26/h6,9-12,17,19,23H,2,5,7-8,13-16,18H2,1,3-4H3,(H,28,29,30)/t19-,23?/m0/s1. The van der Waals surface area contributed by atoms with Gasteiger partial charge in [0.1, 0.15) is 12.4 Å². The number of fused-ring (bicyclic) bond motifs is 1. The fourth-order valence-electron chi connectivity index (χ4n) is 4.89. The van der Waals surface area contributed by atoms with Crippen LogP contribution < -0.4 is 10.2 Å². The summed E-state index contributed by atoms with van der Waals surface area (Å²) in [4.78, 5) is 38.9. The molecule has 1 aromatic carbocycles. The molecule has 0 radical (unpaired) electrons. The van der Waals surface area contributed by atoms with Gasteiger partial charge in [0.25, 0.3) is 0 Å². The number of carbonyl (C=O) groups is 2. The van der Waals surface area contributed by atoms with Crippen LogP contribution in [0, 0.1) is 0 Å². The molecule has 2 atom stereocenters. The third-order valence-electron chi connectivity index (χ3n) is 6.96. The van der Waals surface area contributed by atoms with Crippen LogP contribution in [0.4, 0.5) is 16.6 Å². The molecule has 0 aliphatic carbocycles. The Labute approximate surface area is 213 Å². The summed E-state index contributed by atoms with van der Waals surface area (Å²) >= 11 is 0. The maximum Gasteiger partial charge on any atom is 0.415 e. The summed E-state index contributed by atoms with van der Waals surface area (Å²) in [5.74, 6) is 1.10. The summed E-state index contributed by atoms with van der Waals surface area (Å²) < 4.78 is 5.17. The highest BCUT2D eigenvalue weighted by Gasteiger charge is 2.28. The van der Waals surface area contributed by atoms with Crippen LogP contribution in [-0.4, -0.2) is 64.5 Å².